The standard InChI is InChI=1S/C25H43NO3/c1-16(7-10-20(28)29)17-8-9-18-21-19(27)15-22(2)11-5-6-12-24(22,4)25(21,26)14-13-23(17,18)3/h16-19,21,27H,5-15,26H2,1-4H3,(H,28,29)/t16-,17-,18?,19-,21-,22+,23-,24+,25-/m1/s1. The van der Waals surface area contributed by atoms with Crippen molar-refractivity contribution in [2.24, 2.45) is 45.7 Å². The van der Waals surface area contributed by atoms with Gasteiger partial charge in [0.25, 0.3) is 0 Å². The van der Waals surface area contributed by atoms with Gasteiger partial charge in [-0.15, -0.1) is 0 Å². The average Bonchev–Trinajstić information content (AvgIpc) is 2.98. The van der Waals surface area contributed by atoms with Gasteiger partial charge in [0.2, 0.25) is 0 Å². The molecular weight excluding hydrogens is 362 g/mol. The van der Waals surface area contributed by atoms with Gasteiger partial charge in [0.05, 0.1) is 6.10 Å². The van der Waals surface area contributed by atoms with Crippen LogP contribution in [0.5, 0.6) is 0 Å². The quantitative estimate of drug-likeness (QED) is 0.616. The molecule has 166 valence electrons. The van der Waals surface area contributed by atoms with E-state index in [1.54, 1.807) is 0 Å². The molecule has 4 aliphatic carbocycles. The minimum Gasteiger partial charge on any atom is -0.481 e. The molecule has 9 atom stereocenters. The molecule has 0 spiro atoms. The van der Waals surface area contributed by atoms with Crippen molar-refractivity contribution in [2.45, 2.75) is 110 Å². The normalized spacial score (nSPS) is 52.9. The highest BCUT2D eigenvalue weighted by Gasteiger charge is 2.70. The Hall–Kier alpha value is -0.610. The molecule has 0 amide bonds. The van der Waals surface area contributed by atoms with E-state index in [1.165, 1.54) is 25.7 Å². The minimum atomic E-state index is -0.687. The summed E-state index contributed by atoms with van der Waals surface area (Å²) in [6.07, 6.45) is 11.0. The summed E-state index contributed by atoms with van der Waals surface area (Å²) in [4.78, 5) is 11.1. The Balaban J connectivity index is 1.64. The molecule has 4 nitrogen and oxygen atoms in total. The molecule has 0 heterocycles. The van der Waals surface area contributed by atoms with Crippen LogP contribution in [0.2, 0.25) is 0 Å². The molecule has 0 aromatic rings. The number of nitrogens with two attached hydrogens (primary N) is 1. The van der Waals surface area contributed by atoms with Crippen molar-refractivity contribution in [3.05, 3.63) is 0 Å². The van der Waals surface area contributed by atoms with Crippen molar-refractivity contribution in [3.63, 3.8) is 0 Å². The topological polar surface area (TPSA) is 83.5 Å². The van der Waals surface area contributed by atoms with Crippen LogP contribution in [0.4, 0.5) is 0 Å². The Bertz CT molecular complexity index is 666. The van der Waals surface area contributed by atoms with Crippen molar-refractivity contribution >= 4 is 5.97 Å². The van der Waals surface area contributed by atoms with Crippen LogP contribution in [0.25, 0.3) is 0 Å². The van der Waals surface area contributed by atoms with Gasteiger partial charge in [0.1, 0.15) is 0 Å². The van der Waals surface area contributed by atoms with E-state index in [1.807, 2.05) is 0 Å². The molecule has 29 heavy (non-hydrogen) atoms. The lowest BCUT2D eigenvalue weighted by atomic mass is 9.37. The number of aliphatic hydroxyl groups is 1. The van der Waals surface area contributed by atoms with Crippen molar-refractivity contribution in [3.8, 4) is 0 Å². The Morgan fingerprint density at radius 2 is 1.79 bits per heavy atom. The first-order valence-electron chi connectivity index (χ1n) is 12.2. The van der Waals surface area contributed by atoms with Crippen LogP contribution in [0.1, 0.15) is 98.3 Å². The summed E-state index contributed by atoms with van der Waals surface area (Å²) in [5.74, 6) is 0.943. The highest BCUT2D eigenvalue weighted by Crippen LogP contribution is 2.71. The van der Waals surface area contributed by atoms with Crippen LogP contribution < -0.4 is 5.73 Å². The molecule has 0 saturated heterocycles. The van der Waals surface area contributed by atoms with Gasteiger partial charge in [-0.2, -0.15) is 0 Å². The van der Waals surface area contributed by atoms with Crippen molar-refractivity contribution in [2.75, 3.05) is 0 Å². The van der Waals surface area contributed by atoms with E-state index in [9.17, 15) is 9.90 Å². The zero-order valence-corrected chi connectivity index (χ0v) is 19.0. The fraction of sp³-hybridized carbons (Fsp3) is 0.960. The molecule has 0 radical (unpaired) electrons. The van der Waals surface area contributed by atoms with Crippen molar-refractivity contribution in [1.29, 1.82) is 0 Å². The van der Waals surface area contributed by atoms with E-state index in [0.717, 1.165) is 38.5 Å². The number of hydrogen-bond donors (Lipinski definition) is 3. The first-order valence-corrected chi connectivity index (χ1v) is 12.2. The van der Waals surface area contributed by atoms with Gasteiger partial charge < -0.3 is 15.9 Å². The fourth-order valence-corrected chi connectivity index (χ4v) is 9.28. The Kier molecular flexibility index (Phi) is 5.18. The SMILES string of the molecule is C[C@H](CCC(=O)O)[C@H]1CCC2[C@@H]3[C@H](O)C[C@]4(C)CCCC[C@]4(C)[C@@]3(N)CC[C@@]21C. The third-order valence-electron chi connectivity index (χ3n) is 11.2. The Labute approximate surface area is 177 Å². The van der Waals surface area contributed by atoms with Gasteiger partial charge in [-0.25, -0.2) is 0 Å². The second-order valence-electron chi connectivity index (χ2n) is 12.1. The molecule has 0 aliphatic heterocycles. The number of aliphatic carboxylic acids is 1. The molecule has 4 fully saturated rings. The summed E-state index contributed by atoms with van der Waals surface area (Å²) < 4.78 is 0. The van der Waals surface area contributed by atoms with E-state index >= 15 is 0 Å². The third kappa shape index (κ3) is 2.87. The summed E-state index contributed by atoms with van der Waals surface area (Å²) in [5.41, 5.74) is 7.59. The summed E-state index contributed by atoms with van der Waals surface area (Å²) in [6.45, 7) is 9.55. The van der Waals surface area contributed by atoms with Crippen LogP contribution in [0.3, 0.4) is 0 Å². The van der Waals surface area contributed by atoms with Gasteiger partial charge in [-0.05, 0) is 85.4 Å². The van der Waals surface area contributed by atoms with Crippen LogP contribution in [0, 0.1) is 39.9 Å². The van der Waals surface area contributed by atoms with Crippen molar-refractivity contribution in [1.82, 2.24) is 0 Å². The van der Waals surface area contributed by atoms with Gasteiger partial charge >= 0.3 is 5.97 Å². The predicted octanol–water partition coefficient (Wildman–Crippen LogP) is 4.98. The second-order valence-corrected chi connectivity index (χ2v) is 12.1. The average molecular weight is 406 g/mol. The molecule has 4 heteroatoms. The molecular formula is C25H43NO3. The second kappa shape index (κ2) is 6.95. The number of rotatable bonds is 4. The van der Waals surface area contributed by atoms with E-state index in [2.05, 4.69) is 27.7 Å². The van der Waals surface area contributed by atoms with E-state index in [4.69, 9.17) is 10.8 Å². The number of hydrogen-bond acceptors (Lipinski definition) is 3. The van der Waals surface area contributed by atoms with E-state index in [-0.39, 0.29) is 40.2 Å². The van der Waals surface area contributed by atoms with Gasteiger partial charge in [-0.3, -0.25) is 4.79 Å². The maximum absolute atomic E-state index is 11.5. The van der Waals surface area contributed by atoms with Crippen LogP contribution >= 0.6 is 0 Å². The Morgan fingerprint density at radius 3 is 2.48 bits per heavy atom. The lowest BCUT2D eigenvalue weighted by Gasteiger charge is -2.70. The first-order chi connectivity index (χ1) is 13.5. The maximum Gasteiger partial charge on any atom is 0.303 e. The summed E-state index contributed by atoms with van der Waals surface area (Å²) in [7, 11) is 0. The van der Waals surface area contributed by atoms with Gasteiger partial charge in [0, 0.05) is 17.9 Å². The molecule has 0 aromatic heterocycles. The number of carboxylic acid groups (broad SMARTS) is 1. The van der Waals surface area contributed by atoms with Gasteiger partial charge in [0.15, 0.2) is 0 Å². The Morgan fingerprint density at radius 1 is 1.10 bits per heavy atom. The highest BCUT2D eigenvalue weighted by molar-refractivity contribution is 5.66. The van der Waals surface area contributed by atoms with Crippen LogP contribution in [0.15, 0.2) is 0 Å². The summed E-state index contributed by atoms with van der Waals surface area (Å²) in [5, 5.41) is 20.6. The number of aliphatic hydroxyl groups excluding tert-OH is 1. The zero-order valence-electron chi connectivity index (χ0n) is 19.0. The molecule has 1 unspecified atom stereocenters. The first kappa shape index (κ1) is 21.6. The summed E-state index contributed by atoms with van der Waals surface area (Å²) in [6, 6.07) is 0. The molecule has 0 bridgehead atoms. The molecule has 4 aliphatic rings. The minimum absolute atomic E-state index is 0.108. The van der Waals surface area contributed by atoms with Crippen molar-refractivity contribution < 1.29 is 15.0 Å². The van der Waals surface area contributed by atoms with E-state index < -0.39 is 5.97 Å². The zero-order chi connectivity index (χ0) is 21.2. The number of carboxylic acids is 1. The molecule has 4 rings (SSSR count). The molecule has 4 saturated carbocycles. The van der Waals surface area contributed by atoms with Crippen LogP contribution in [-0.4, -0.2) is 27.8 Å². The number of fused-ring (bicyclic) bond motifs is 5. The monoisotopic (exact) mass is 405 g/mol. The largest absolute Gasteiger partial charge is 0.481 e. The highest BCUT2D eigenvalue weighted by atomic mass is 16.4. The third-order valence-corrected chi connectivity index (χ3v) is 11.2. The maximum atomic E-state index is 11.5. The van der Waals surface area contributed by atoms with Crippen LogP contribution in [-0.2, 0) is 4.79 Å². The fourth-order valence-electron chi connectivity index (χ4n) is 9.28. The smallest absolute Gasteiger partial charge is 0.303 e. The molecule has 4 N–H and O–H groups in total. The molecule has 0 aromatic carbocycles. The number of carbonyl (C=O) groups is 1. The van der Waals surface area contributed by atoms with E-state index in [0.29, 0.717) is 17.8 Å². The van der Waals surface area contributed by atoms with Gasteiger partial charge in [-0.1, -0.05) is 40.5 Å². The predicted molar refractivity (Wildman–Crippen MR) is 115 cm³/mol. The summed E-state index contributed by atoms with van der Waals surface area (Å²) >= 11 is 0. The lowest BCUT2D eigenvalue weighted by Crippen LogP contribution is -2.75. The lowest BCUT2D eigenvalue weighted by molar-refractivity contribution is -0.211.